The van der Waals surface area contributed by atoms with Gasteiger partial charge in [-0.2, -0.15) is 0 Å². The highest BCUT2D eigenvalue weighted by atomic mass is 35.5. The molecule has 0 aliphatic rings. The highest BCUT2D eigenvalue weighted by molar-refractivity contribution is 6.31. The number of pyridine rings is 1. The normalized spacial score (nSPS) is 10.4. The van der Waals surface area contributed by atoms with Crippen molar-refractivity contribution in [3.63, 3.8) is 0 Å². The van der Waals surface area contributed by atoms with E-state index in [1.54, 1.807) is 0 Å². The molecule has 0 atom stereocenters. The lowest BCUT2D eigenvalue weighted by molar-refractivity contribution is 0.470. The molecule has 1 N–H and O–H groups in total. The maximum Gasteiger partial charge on any atom is 0.149 e. The predicted octanol–water partition coefficient (Wildman–Crippen LogP) is 3.39. The van der Waals surface area contributed by atoms with Gasteiger partial charge in [0.05, 0.1) is 11.2 Å². The topological polar surface area (TPSA) is 33.1 Å². The second-order valence-corrected chi connectivity index (χ2v) is 3.55. The maximum atomic E-state index is 13.4. The molecule has 0 saturated heterocycles. The lowest BCUT2D eigenvalue weighted by Crippen LogP contribution is -1.88. The van der Waals surface area contributed by atoms with Crippen molar-refractivity contribution >= 4 is 11.6 Å². The van der Waals surface area contributed by atoms with E-state index < -0.39 is 11.6 Å². The van der Waals surface area contributed by atoms with E-state index in [0.29, 0.717) is 0 Å². The molecule has 5 heteroatoms. The first-order chi connectivity index (χ1) is 7.59. The van der Waals surface area contributed by atoms with Crippen LogP contribution in [0.15, 0.2) is 30.6 Å². The summed E-state index contributed by atoms with van der Waals surface area (Å²) < 4.78 is 26.4. The average molecular weight is 242 g/mol. The SMILES string of the molecule is Oc1cc(F)c(Cl)cc1-c1ccncc1F. The van der Waals surface area contributed by atoms with Gasteiger partial charge >= 0.3 is 0 Å². The molecule has 1 aromatic carbocycles. The standard InChI is InChI=1S/C11H6ClF2NO/c12-8-3-7(11(16)4-9(8)13)6-1-2-15-5-10(6)14/h1-5,16H. The van der Waals surface area contributed by atoms with Crippen molar-refractivity contribution in [2.24, 2.45) is 0 Å². The van der Waals surface area contributed by atoms with Crippen LogP contribution < -0.4 is 0 Å². The second kappa shape index (κ2) is 4.06. The monoisotopic (exact) mass is 241 g/mol. The summed E-state index contributed by atoms with van der Waals surface area (Å²) in [6, 6.07) is 3.39. The first-order valence-electron chi connectivity index (χ1n) is 4.37. The molecule has 0 bridgehead atoms. The number of benzene rings is 1. The van der Waals surface area contributed by atoms with Crippen molar-refractivity contribution in [3.8, 4) is 16.9 Å². The zero-order chi connectivity index (χ0) is 11.7. The Labute approximate surface area is 95.1 Å². The van der Waals surface area contributed by atoms with Crippen LogP contribution in [0, 0.1) is 11.6 Å². The van der Waals surface area contributed by atoms with E-state index in [-0.39, 0.29) is 21.9 Å². The van der Waals surface area contributed by atoms with Gasteiger partial charge in [0.2, 0.25) is 0 Å². The summed E-state index contributed by atoms with van der Waals surface area (Å²) >= 11 is 5.56. The molecule has 82 valence electrons. The highest BCUT2D eigenvalue weighted by Crippen LogP contribution is 2.34. The molecule has 0 fully saturated rings. The van der Waals surface area contributed by atoms with E-state index in [1.165, 1.54) is 18.3 Å². The van der Waals surface area contributed by atoms with Gasteiger partial charge in [0.25, 0.3) is 0 Å². The van der Waals surface area contributed by atoms with Crippen LogP contribution in [-0.4, -0.2) is 10.1 Å². The Hall–Kier alpha value is -1.68. The van der Waals surface area contributed by atoms with Crippen molar-refractivity contribution in [2.45, 2.75) is 0 Å². The van der Waals surface area contributed by atoms with E-state index in [1.807, 2.05) is 0 Å². The van der Waals surface area contributed by atoms with Crippen molar-refractivity contribution in [3.05, 3.63) is 47.2 Å². The maximum absolute atomic E-state index is 13.4. The number of hydrogen-bond donors (Lipinski definition) is 1. The minimum atomic E-state index is -0.752. The lowest BCUT2D eigenvalue weighted by Gasteiger charge is -2.06. The Morgan fingerprint density at radius 3 is 2.56 bits per heavy atom. The average Bonchev–Trinajstić information content (AvgIpc) is 2.25. The van der Waals surface area contributed by atoms with Crippen LogP contribution in [0.3, 0.4) is 0 Å². The highest BCUT2D eigenvalue weighted by Gasteiger charge is 2.12. The molecule has 0 spiro atoms. The van der Waals surface area contributed by atoms with Gasteiger partial charge in [-0.3, -0.25) is 4.98 Å². The Morgan fingerprint density at radius 1 is 1.12 bits per heavy atom. The molecule has 1 aromatic heterocycles. The summed E-state index contributed by atoms with van der Waals surface area (Å²) in [7, 11) is 0. The van der Waals surface area contributed by atoms with Crippen LogP contribution in [0.5, 0.6) is 5.75 Å². The third kappa shape index (κ3) is 1.84. The van der Waals surface area contributed by atoms with Gasteiger partial charge < -0.3 is 5.11 Å². The summed E-state index contributed by atoms with van der Waals surface area (Å²) in [6.45, 7) is 0. The summed E-state index contributed by atoms with van der Waals surface area (Å²) in [6.07, 6.45) is 2.38. The van der Waals surface area contributed by atoms with Crippen LogP contribution in [0.1, 0.15) is 0 Å². The smallest absolute Gasteiger partial charge is 0.149 e. The molecule has 16 heavy (non-hydrogen) atoms. The van der Waals surface area contributed by atoms with Crippen LogP contribution in [0.25, 0.3) is 11.1 Å². The predicted molar refractivity (Wildman–Crippen MR) is 56.3 cm³/mol. The molecule has 0 unspecified atom stereocenters. The fourth-order valence-electron chi connectivity index (χ4n) is 1.35. The molecule has 2 aromatic rings. The fourth-order valence-corrected chi connectivity index (χ4v) is 1.51. The van der Waals surface area contributed by atoms with Gasteiger partial charge in [-0.15, -0.1) is 0 Å². The first-order valence-corrected chi connectivity index (χ1v) is 4.75. The van der Waals surface area contributed by atoms with Gasteiger partial charge in [-0.05, 0) is 12.1 Å². The van der Waals surface area contributed by atoms with Gasteiger partial charge in [0, 0.05) is 23.4 Å². The number of aromatic hydroxyl groups is 1. The zero-order valence-electron chi connectivity index (χ0n) is 7.92. The van der Waals surface area contributed by atoms with E-state index in [0.717, 1.165) is 12.3 Å². The van der Waals surface area contributed by atoms with E-state index in [4.69, 9.17) is 11.6 Å². The number of hydrogen-bond acceptors (Lipinski definition) is 2. The van der Waals surface area contributed by atoms with Crippen molar-refractivity contribution in [1.82, 2.24) is 4.98 Å². The third-order valence-corrected chi connectivity index (χ3v) is 2.39. The first kappa shape index (κ1) is 10.8. The van der Waals surface area contributed by atoms with E-state index in [2.05, 4.69) is 4.98 Å². The number of nitrogens with zero attached hydrogens (tertiary/aromatic N) is 1. The number of halogens is 3. The molecule has 2 nitrogen and oxygen atoms in total. The van der Waals surface area contributed by atoms with Gasteiger partial charge in [0.15, 0.2) is 0 Å². The van der Waals surface area contributed by atoms with Crippen molar-refractivity contribution < 1.29 is 13.9 Å². The number of rotatable bonds is 1. The Bertz CT molecular complexity index is 546. The third-order valence-electron chi connectivity index (χ3n) is 2.10. The summed E-state index contributed by atoms with van der Waals surface area (Å²) in [4.78, 5) is 3.58. The van der Waals surface area contributed by atoms with E-state index in [9.17, 15) is 13.9 Å². The van der Waals surface area contributed by atoms with Crippen LogP contribution >= 0.6 is 11.6 Å². The molecular weight excluding hydrogens is 236 g/mol. The summed E-state index contributed by atoms with van der Waals surface area (Å²) in [5, 5.41) is 9.33. The van der Waals surface area contributed by atoms with Crippen molar-refractivity contribution in [2.75, 3.05) is 0 Å². The molecular formula is C11H6ClF2NO. The zero-order valence-corrected chi connectivity index (χ0v) is 8.67. The van der Waals surface area contributed by atoms with Crippen LogP contribution in [-0.2, 0) is 0 Å². The molecule has 0 aliphatic heterocycles. The van der Waals surface area contributed by atoms with Crippen LogP contribution in [0.4, 0.5) is 8.78 Å². The second-order valence-electron chi connectivity index (χ2n) is 3.14. The van der Waals surface area contributed by atoms with E-state index >= 15 is 0 Å². The van der Waals surface area contributed by atoms with Gasteiger partial charge in [-0.25, -0.2) is 8.78 Å². The van der Waals surface area contributed by atoms with Crippen LogP contribution in [0.2, 0.25) is 5.02 Å². The summed E-state index contributed by atoms with van der Waals surface area (Å²) in [5.74, 6) is -1.73. The molecule has 2 rings (SSSR count). The Kier molecular flexibility index (Phi) is 2.75. The Balaban J connectivity index is 2.65. The van der Waals surface area contributed by atoms with Crippen molar-refractivity contribution in [1.29, 1.82) is 0 Å². The van der Waals surface area contributed by atoms with Gasteiger partial charge in [0.1, 0.15) is 17.4 Å². The minimum Gasteiger partial charge on any atom is -0.507 e. The minimum absolute atomic E-state index is 0.120. The molecule has 0 radical (unpaired) electrons. The lowest BCUT2D eigenvalue weighted by atomic mass is 10.1. The Morgan fingerprint density at radius 2 is 1.88 bits per heavy atom. The quantitative estimate of drug-likeness (QED) is 0.830. The van der Waals surface area contributed by atoms with Gasteiger partial charge in [-0.1, -0.05) is 11.6 Å². The molecule has 0 aliphatic carbocycles. The number of aromatic nitrogens is 1. The number of phenolic OH excluding ortho intramolecular Hbond substituents is 1. The molecule has 0 amide bonds. The fraction of sp³-hybridized carbons (Fsp3) is 0. The largest absolute Gasteiger partial charge is 0.507 e. The molecule has 1 heterocycles. The summed E-state index contributed by atoms with van der Waals surface area (Å²) in [5.41, 5.74) is 0.251. The molecule has 0 saturated carbocycles. The number of phenols is 1.